The molecule has 2 aromatic carbocycles. The van der Waals surface area contributed by atoms with Gasteiger partial charge in [-0.05, 0) is 43.7 Å². The number of hydrogen-bond donors (Lipinski definition) is 0. The predicted molar refractivity (Wildman–Crippen MR) is 91.7 cm³/mol. The highest BCUT2D eigenvalue weighted by molar-refractivity contribution is 7.96. The number of esters is 1. The quantitative estimate of drug-likeness (QED) is 0.768. The van der Waals surface area contributed by atoms with Gasteiger partial charge in [0.1, 0.15) is 5.82 Å². The minimum absolute atomic E-state index is 0.268. The first-order valence-corrected chi connectivity index (χ1v) is 8.95. The summed E-state index contributed by atoms with van der Waals surface area (Å²) in [6.07, 6.45) is 1.22. The van der Waals surface area contributed by atoms with Crippen LogP contribution >= 0.6 is 0 Å². The Hall–Kier alpha value is -2.67. The van der Waals surface area contributed by atoms with Crippen molar-refractivity contribution in [3.63, 3.8) is 0 Å². The average molecular weight is 361 g/mol. The van der Waals surface area contributed by atoms with Crippen LogP contribution in [0, 0.1) is 19.7 Å². The van der Waals surface area contributed by atoms with Gasteiger partial charge in [0.25, 0.3) is 0 Å². The number of carbonyl (C=O) groups is 1. The second kappa shape index (κ2) is 6.00. The highest BCUT2D eigenvalue weighted by atomic mass is 32.2. The van der Waals surface area contributed by atoms with E-state index in [1.807, 2.05) is 32.0 Å². The van der Waals surface area contributed by atoms with Gasteiger partial charge in [-0.2, -0.15) is 0 Å². The Morgan fingerprint density at radius 1 is 1.08 bits per heavy atom. The first-order chi connectivity index (χ1) is 11.8. The Morgan fingerprint density at radius 2 is 1.76 bits per heavy atom. The molecule has 3 rings (SSSR count). The minimum Gasteiger partial charge on any atom is -0.465 e. The molecular weight excluding hydrogens is 345 g/mol. The number of hydrogen-bond acceptors (Lipinski definition) is 5. The van der Waals surface area contributed by atoms with E-state index in [9.17, 15) is 17.6 Å². The number of aryl methyl sites for hydroxylation is 2. The van der Waals surface area contributed by atoms with Crippen LogP contribution in [0.2, 0.25) is 0 Å². The number of carbonyl (C=O) groups excluding carboxylic acids is 1. The molecule has 0 unspecified atom stereocenters. The largest absolute Gasteiger partial charge is 0.465 e. The van der Waals surface area contributed by atoms with Gasteiger partial charge in [0, 0.05) is 11.9 Å². The number of ether oxygens (including phenoxy) is 1. The highest BCUT2D eigenvalue weighted by Gasteiger charge is 2.37. The molecular formula is C18H16FNO4S. The van der Waals surface area contributed by atoms with Crippen molar-refractivity contribution in [1.82, 2.24) is 0 Å². The van der Waals surface area contributed by atoms with Crippen molar-refractivity contribution in [2.75, 3.05) is 12.0 Å². The second-order valence-corrected chi connectivity index (χ2v) is 7.65. The van der Waals surface area contributed by atoms with Crippen LogP contribution in [0.15, 0.2) is 52.4 Å². The lowest BCUT2D eigenvalue weighted by atomic mass is 10.1. The maximum atomic E-state index is 13.7. The Labute approximate surface area is 145 Å². The van der Waals surface area contributed by atoms with E-state index in [0.29, 0.717) is 5.69 Å². The Bertz CT molecular complexity index is 1010. The molecule has 2 aromatic rings. The van der Waals surface area contributed by atoms with E-state index in [0.717, 1.165) is 24.3 Å². The van der Waals surface area contributed by atoms with E-state index in [-0.39, 0.29) is 10.6 Å². The number of nitrogens with zero attached hydrogens (tertiary/aromatic N) is 1. The molecule has 1 aliphatic heterocycles. The van der Waals surface area contributed by atoms with Crippen molar-refractivity contribution in [3.05, 3.63) is 64.4 Å². The number of benzene rings is 2. The van der Waals surface area contributed by atoms with Crippen LogP contribution in [0.3, 0.4) is 0 Å². The Morgan fingerprint density at radius 3 is 2.40 bits per heavy atom. The molecule has 1 aliphatic rings. The number of methoxy groups -OCH3 is 1. The summed E-state index contributed by atoms with van der Waals surface area (Å²) in [6.45, 7) is 3.82. The lowest BCUT2D eigenvalue weighted by Crippen LogP contribution is -2.26. The van der Waals surface area contributed by atoms with Crippen LogP contribution in [-0.4, -0.2) is 21.5 Å². The maximum absolute atomic E-state index is 13.7. The SMILES string of the molecule is COC(=O)C1=CN(c2ccc(C)cc2C)c2ccc(F)cc2S1(=O)=O. The number of rotatable bonds is 2. The van der Waals surface area contributed by atoms with E-state index < -0.39 is 26.5 Å². The molecule has 7 heteroatoms. The third-order valence-corrected chi connectivity index (χ3v) is 5.76. The standard InChI is InChI=1S/C18H16FNO4S/c1-11-4-6-14(12(2)8-11)20-10-17(18(21)24-3)25(22,23)16-9-13(19)5-7-15(16)20/h4-10H,1-3H3. The maximum Gasteiger partial charge on any atom is 0.351 e. The van der Waals surface area contributed by atoms with Crippen molar-refractivity contribution in [3.8, 4) is 0 Å². The molecule has 0 spiro atoms. The van der Waals surface area contributed by atoms with Gasteiger partial charge in [-0.25, -0.2) is 17.6 Å². The van der Waals surface area contributed by atoms with Crippen molar-refractivity contribution in [2.45, 2.75) is 18.7 Å². The van der Waals surface area contributed by atoms with Gasteiger partial charge in [-0.15, -0.1) is 0 Å². The fraction of sp³-hybridized carbons (Fsp3) is 0.167. The zero-order valence-corrected chi connectivity index (χ0v) is 14.7. The number of anilines is 2. The van der Waals surface area contributed by atoms with Crippen molar-refractivity contribution >= 4 is 27.2 Å². The Balaban J connectivity index is 2.32. The number of halogens is 1. The molecule has 5 nitrogen and oxygen atoms in total. The summed E-state index contributed by atoms with van der Waals surface area (Å²) in [7, 11) is -3.08. The van der Waals surface area contributed by atoms with E-state index in [4.69, 9.17) is 0 Å². The van der Waals surface area contributed by atoms with Gasteiger partial charge in [0.15, 0.2) is 4.91 Å². The zero-order chi connectivity index (χ0) is 18.4. The highest BCUT2D eigenvalue weighted by Crippen LogP contribution is 2.41. The normalized spacial score (nSPS) is 15.4. The van der Waals surface area contributed by atoms with Crippen LogP contribution in [0.25, 0.3) is 0 Å². The molecule has 25 heavy (non-hydrogen) atoms. The van der Waals surface area contributed by atoms with Crippen LogP contribution in [0.5, 0.6) is 0 Å². The van der Waals surface area contributed by atoms with Crippen LogP contribution < -0.4 is 4.90 Å². The van der Waals surface area contributed by atoms with Crippen LogP contribution in [0.4, 0.5) is 15.8 Å². The molecule has 0 saturated heterocycles. The van der Waals surface area contributed by atoms with Gasteiger partial charge < -0.3 is 9.64 Å². The molecule has 130 valence electrons. The van der Waals surface area contributed by atoms with Crippen molar-refractivity contribution in [1.29, 1.82) is 0 Å². The monoisotopic (exact) mass is 361 g/mol. The van der Waals surface area contributed by atoms with Gasteiger partial charge in [0.05, 0.1) is 17.7 Å². The first kappa shape index (κ1) is 17.2. The van der Waals surface area contributed by atoms with Gasteiger partial charge >= 0.3 is 5.97 Å². The summed E-state index contributed by atoms with van der Waals surface area (Å²) in [4.78, 5) is 12.8. The molecule has 0 N–H and O–H groups in total. The van der Waals surface area contributed by atoms with E-state index in [1.165, 1.54) is 18.3 Å². The molecule has 0 radical (unpaired) electrons. The van der Waals surface area contributed by atoms with E-state index in [1.54, 1.807) is 4.90 Å². The molecule has 0 bridgehead atoms. The molecule has 0 saturated carbocycles. The van der Waals surface area contributed by atoms with E-state index >= 15 is 0 Å². The number of fused-ring (bicyclic) bond motifs is 1. The molecule has 0 amide bonds. The number of sulfone groups is 1. The van der Waals surface area contributed by atoms with Crippen molar-refractivity contribution < 1.29 is 22.3 Å². The molecule has 0 aliphatic carbocycles. The third kappa shape index (κ3) is 2.80. The Kier molecular flexibility index (Phi) is 4.12. The summed E-state index contributed by atoms with van der Waals surface area (Å²) >= 11 is 0. The molecule has 1 heterocycles. The van der Waals surface area contributed by atoms with E-state index in [2.05, 4.69) is 4.74 Å². The summed E-state index contributed by atoms with van der Waals surface area (Å²) in [6, 6.07) is 9.11. The third-order valence-electron chi connectivity index (χ3n) is 4.01. The first-order valence-electron chi connectivity index (χ1n) is 7.47. The van der Waals surface area contributed by atoms with Crippen molar-refractivity contribution in [2.24, 2.45) is 0 Å². The average Bonchev–Trinajstić information content (AvgIpc) is 2.55. The van der Waals surface area contributed by atoms with Gasteiger partial charge in [-0.1, -0.05) is 17.7 Å². The van der Waals surface area contributed by atoms with Crippen LogP contribution in [-0.2, 0) is 19.4 Å². The summed E-state index contributed by atoms with van der Waals surface area (Å²) in [5.74, 6) is -1.70. The van der Waals surface area contributed by atoms with Gasteiger partial charge in [0.2, 0.25) is 9.84 Å². The predicted octanol–water partition coefficient (Wildman–Crippen LogP) is 3.38. The fourth-order valence-electron chi connectivity index (χ4n) is 2.81. The molecule has 0 atom stereocenters. The summed E-state index contributed by atoms with van der Waals surface area (Å²) in [5.41, 5.74) is 2.90. The lowest BCUT2D eigenvalue weighted by Gasteiger charge is -2.29. The topological polar surface area (TPSA) is 63.7 Å². The molecule has 0 aromatic heterocycles. The smallest absolute Gasteiger partial charge is 0.351 e. The summed E-state index contributed by atoms with van der Waals surface area (Å²) in [5, 5.41) is 0. The van der Waals surface area contributed by atoms with Gasteiger partial charge in [-0.3, -0.25) is 0 Å². The molecule has 0 fully saturated rings. The zero-order valence-electron chi connectivity index (χ0n) is 13.9. The fourth-order valence-corrected chi connectivity index (χ4v) is 4.31. The minimum atomic E-state index is -4.17. The second-order valence-electron chi connectivity index (χ2n) is 5.76. The lowest BCUT2D eigenvalue weighted by molar-refractivity contribution is -0.135. The van der Waals surface area contributed by atoms with Crippen LogP contribution in [0.1, 0.15) is 11.1 Å². The summed E-state index contributed by atoms with van der Waals surface area (Å²) < 4.78 is 43.7.